The molecule has 0 radical (unpaired) electrons. The summed E-state index contributed by atoms with van der Waals surface area (Å²) >= 11 is 0. The molecule has 1 heterocycles. The van der Waals surface area contributed by atoms with Crippen molar-refractivity contribution < 1.29 is 0 Å². The monoisotopic (exact) mass is 213 g/mol. The van der Waals surface area contributed by atoms with Crippen molar-refractivity contribution in [3.8, 4) is 17.3 Å². The number of nitrogens with two attached hydrogens (primary N) is 1. The predicted octanol–water partition coefficient (Wildman–Crippen LogP) is 1.93. The molecule has 0 aliphatic carbocycles. The van der Waals surface area contributed by atoms with E-state index in [-0.39, 0.29) is 5.82 Å². The minimum Gasteiger partial charge on any atom is -0.381 e. The van der Waals surface area contributed by atoms with E-state index in [1.165, 1.54) is 0 Å². The fraction of sp³-hybridized carbons (Fsp3) is 0. The number of rotatable bonds is 2. The van der Waals surface area contributed by atoms with E-state index in [0.717, 1.165) is 5.56 Å². The number of anilines is 1. The summed E-state index contributed by atoms with van der Waals surface area (Å²) < 4.78 is 0. The van der Waals surface area contributed by atoms with Crippen LogP contribution in [0.3, 0.4) is 0 Å². The number of hydrogen-bond donors (Lipinski definition) is 2. The lowest BCUT2D eigenvalue weighted by Gasteiger charge is -1.97. The van der Waals surface area contributed by atoms with Crippen LogP contribution in [-0.2, 0) is 0 Å². The number of benzene rings is 1. The minimum absolute atomic E-state index is 0.162. The Morgan fingerprint density at radius 2 is 2.06 bits per heavy atom. The molecule has 0 saturated heterocycles. The molecule has 0 saturated carbocycles. The Morgan fingerprint density at radius 3 is 2.62 bits per heavy atom. The number of nitriles is 1. The van der Waals surface area contributed by atoms with Crippen LogP contribution in [0, 0.1) is 16.2 Å². The average molecular weight is 213 g/mol. The predicted molar refractivity (Wildman–Crippen MR) is 58.6 cm³/mol. The van der Waals surface area contributed by atoms with Crippen molar-refractivity contribution in [3.63, 3.8) is 0 Å². The van der Waals surface area contributed by atoms with Gasteiger partial charge in [0.05, 0.1) is 5.69 Å². The molecule has 16 heavy (non-hydrogen) atoms. The first kappa shape index (κ1) is 9.86. The Bertz CT molecular complexity index is 564. The molecule has 0 fully saturated rings. The second kappa shape index (κ2) is 3.82. The van der Waals surface area contributed by atoms with Gasteiger partial charge in [-0.2, -0.15) is 10.4 Å². The van der Waals surface area contributed by atoms with Gasteiger partial charge in [-0.3, -0.25) is 5.10 Å². The number of nitrogens with one attached hydrogen (secondary N) is 1. The van der Waals surface area contributed by atoms with Crippen molar-refractivity contribution in [2.24, 2.45) is 5.18 Å². The van der Waals surface area contributed by atoms with Gasteiger partial charge in [-0.05, 0) is 17.3 Å². The van der Waals surface area contributed by atoms with Gasteiger partial charge in [0.2, 0.25) is 0 Å². The number of aromatic nitrogens is 2. The van der Waals surface area contributed by atoms with Crippen LogP contribution in [-0.4, -0.2) is 10.2 Å². The highest BCUT2D eigenvalue weighted by atomic mass is 16.3. The molecule has 0 bridgehead atoms. The molecule has 3 N–H and O–H groups in total. The van der Waals surface area contributed by atoms with E-state index < -0.39 is 0 Å². The van der Waals surface area contributed by atoms with Crippen LogP contribution in [0.5, 0.6) is 0 Å². The van der Waals surface area contributed by atoms with Gasteiger partial charge in [0.15, 0.2) is 5.82 Å². The Morgan fingerprint density at radius 1 is 1.38 bits per heavy atom. The Kier molecular flexibility index (Phi) is 2.36. The third-order valence-electron chi connectivity index (χ3n) is 2.17. The van der Waals surface area contributed by atoms with Crippen molar-refractivity contribution in [3.05, 3.63) is 34.7 Å². The topological polar surface area (TPSA) is 108 Å². The number of aromatic amines is 1. The number of nitrogen functional groups attached to an aromatic ring is 1. The van der Waals surface area contributed by atoms with Crippen molar-refractivity contribution in [1.29, 1.82) is 5.26 Å². The second-order valence-corrected chi connectivity index (χ2v) is 3.11. The maximum atomic E-state index is 10.2. The van der Waals surface area contributed by atoms with E-state index >= 15 is 0 Å². The van der Waals surface area contributed by atoms with E-state index in [2.05, 4.69) is 15.4 Å². The zero-order valence-corrected chi connectivity index (χ0v) is 8.14. The average Bonchev–Trinajstić information content (AvgIpc) is 2.70. The lowest BCUT2D eigenvalue weighted by atomic mass is 10.1. The largest absolute Gasteiger partial charge is 0.381 e. The molecule has 1 aromatic heterocycles. The van der Waals surface area contributed by atoms with E-state index in [4.69, 9.17) is 11.0 Å². The standard InChI is InChI=1S/C10H7N5O/c11-5-8-9(13-14-10(8)12)6-1-3-7(15-16)4-2-6/h1-4H,(H3,12,13,14). The first-order valence-electron chi connectivity index (χ1n) is 4.44. The highest BCUT2D eigenvalue weighted by molar-refractivity contribution is 5.72. The van der Waals surface area contributed by atoms with Crippen LogP contribution in [0.15, 0.2) is 29.4 Å². The SMILES string of the molecule is N#Cc1c(N)n[nH]c1-c1ccc(N=O)cc1. The van der Waals surface area contributed by atoms with Crippen LogP contribution < -0.4 is 5.73 Å². The second-order valence-electron chi connectivity index (χ2n) is 3.11. The summed E-state index contributed by atoms with van der Waals surface area (Å²) in [4.78, 5) is 10.2. The van der Waals surface area contributed by atoms with Crippen LogP contribution in [0.25, 0.3) is 11.3 Å². The summed E-state index contributed by atoms with van der Waals surface area (Å²) in [5.41, 5.74) is 7.41. The highest BCUT2D eigenvalue weighted by Gasteiger charge is 2.11. The van der Waals surface area contributed by atoms with Gasteiger partial charge in [0.1, 0.15) is 17.3 Å². The summed E-state index contributed by atoms with van der Waals surface area (Å²) in [5.74, 6) is 0.162. The highest BCUT2D eigenvalue weighted by Crippen LogP contribution is 2.26. The first-order chi connectivity index (χ1) is 7.76. The maximum absolute atomic E-state index is 10.2. The van der Waals surface area contributed by atoms with Crippen LogP contribution in [0.2, 0.25) is 0 Å². The smallest absolute Gasteiger partial charge is 0.163 e. The van der Waals surface area contributed by atoms with Crippen LogP contribution >= 0.6 is 0 Å². The molecule has 6 heteroatoms. The third kappa shape index (κ3) is 1.50. The van der Waals surface area contributed by atoms with Crippen molar-refractivity contribution in [1.82, 2.24) is 10.2 Å². The zero-order valence-electron chi connectivity index (χ0n) is 8.14. The quantitative estimate of drug-likeness (QED) is 0.743. The van der Waals surface area contributed by atoms with E-state index in [1.54, 1.807) is 24.3 Å². The molecule has 0 atom stereocenters. The third-order valence-corrected chi connectivity index (χ3v) is 2.17. The molecule has 1 aromatic carbocycles. The van der Waals surface area contributed by atoms with Gasteiger partial charge in [-0.15, -0.1) is 4.91 Å². The van der Waals surface area contributed by atoms with Crippen molar-refractivity contribution in [2.45, 2.75) is 0 Å². The Labute approximate surface area is 90.7 Å². The van der Waals surface area contributed by atoms with Gasteiger partial charge in [-0.25, -0.2) is 0 Å². The van der Waals surface area contributed by atoms with Gasteiger partial charge in [0.25, 0.3) is 0 Å². The van der Waals surface area contributed by atoms with Gasteiger partial charge >= 0.3 is 0 Å². The molecule has 0 spiro atoms. The Hall–Kier alpha value is -2.68. The molecular weight excluding hydrogens is 206 g/mol. The summed E-state index contributed by atoms with van der Waals surface area (Å²) in [6.07, 6.45) is 0. The number of nitrogens with zero attached hydrogens (tertiary/aromatic N) is 3. The van der Waals surface area contributed by atoms with E-state index in [9.17, 15) is 4.91 Å². The minimum atomic E-state index is 0.162. The van der Waals surface area contributed by atoms with Gasteiger partial charge < -0.3 is 5.73 Å². The Balaban J connectivity index is 2.51. The molecule has 2 rings (SSSR count). The van der Waals surface area contributed by atoms with Crippen molar-refractivity contribution in [2.75, 3.05) is 5.73 Å². The molecule has 0 aliphatic rings. The first-order valence-corrected chi connectivity index (χ1v) is 4.44. The van der Waals surface area contributed by atoms with E-state index in [0.29, 0.717) is 16.9 Å². The van der Waals surface area contributed by atoms with Gasteiger partial charge in [0, 0.05) is 5.56 Å². The number of nitroso groups, excluding NO2 is 1. The summed E-state index contributed by atoms with van der Waals surface area (Å²) in [6, 6.07) is 8.42. The molecule has 0 unspecified atom stereocenters. The molecule has 0 aliphatic heterocycles. The molecular formula is C10H7N5O. The lowest BCUT2D eigenvalue weighted by molar-refractivity contribution is 1.10. The lowest BCUT2D eigenvalue weighted by Crippen LogP contribution is -1.87. The van der Waals surface area contributed by atoms with Crippen LogP contribution in [0.4, 0.5) is 11.5 Å². The molecule has 0 amide bonds. The van der Waals surface area contributed by atoms with Crippen molar-refractivity contribution >= 4 is 11.5 Å². The molecule has 2 aromatic rings. The fourth-order valence-corrected chi connectivity index (χ4v) is 1.37. The number of H-pyrrole nitrogens is 1. The summed E-state index contributed by atoms with van der Waals surface area (Å²) in [6.45, 7) is 0. The molecule has 78 valence electrons. The number of hydrogen-bond acceptors (Lipinski definition) is 5. The fourth-order valence-electron chi connectivity index (χ4n) is 1.37. The maximum Gasteiger partial charge on any atom is 0.163 e. The normalized spacial score (nSPS) is 9.69. The van der Waals surface area contributed by atoms with Gasteiger partial charge in [-0.1, -0.05) is 12.1 Å². The summed E-state index contributed by atoms with van der Waals surface area (Å²) in [5, 5.41) is 18.1. The van der Waals surface area contributed by atoms with Crippen LogP contribution in [0.1, 0.15) is 5.56 Å². The zero-order chi connectivity index (χ0) is 11.5. The molecule has 6 nitrogen and oxygen atoms in total. The summed E-state index contributed by atoms with van der Waals surface area (Å²) in [7, 11) is 0. The van der Waals surface area contributed by atoms with E-state index in [1.807, 2.05) is 6.07 Å².